The number of carbonyl (C=O) groups is 2. The number of ether oxygens (including phenoxy) is 3. The average molecular weight is 252 g/mol. The molecule has 0 spiro atoms. The van der Waals surface area contributed by atoms with Gasteiger partial charge in [-0.3, -0.25) is 9.59 Å². The van der Waals surface area contributed by atoms with Crippen LogP contribution < -0.4 is 4.74 Å². The minimum absolute atomic E-state index is 0.155. The Morgan fingerprint density at radius 3 is 2.39 bits per heavy atom. The van der Waals surface area contributed by atoms with Crippen molar-refractivity contribution in [2.45, 2.75) is 5.92 Å². The Labute approximate surface area is 106 Å². The molecule has 0 aliphatic heterocycles. The third-order valence-corrected chi connectivity index (χ3v) is 2.50. The van der Waals surface area contributed by atoms with Crippen LogP contribution in [0.5, 0.6) is 5.75 Å². The summed E-state index contributed by atoms with van der Waals surface area (Å²) in [5.74, 6) is -1.54. The molecule has 1 aromatic rings. The number of methoxy groups -OCH3 is 3. The first kappa shape index (κ1) is 14.2. The van der Waals surface area contributed by atoms with E-state index < -0.39 is 11.9 Å². The fourth-order valence-corrected chi connectivity index (χ4v) is 1.68. The highest BCUT2D eigenvalue weighted by molar-refractivity contribution is 6.05. The lowest BCUT2D eigenvalue weighted by atomic mass is 9.94. The largest absolute Gasteiger partial charge is 0.496 e. The van der Waals surface area contributed by atoms with Gasteiger partial charge in [-0.2, -0.15) is 0 Å². The molecule has 1 rings (SSSR count). The normalized spacial score (nSPS) is 11.7. The Kier molecular flexibility index (Phi) is 5.32. The van der Waals surface area contributed by atoms with Gasteiger partial charge >= 0.3 is 5.97 Å². The lowest BCUT2D eigenvalue weighted by molar-refractivity contribution is -0.146. The molecule has 1 atom stereocenters. The van der Waals surface area contributed by atoms with Crippen molar-refractivity contribution in [2.24, 2.45) is 0 Å². The van der Waals surface area contributed by atoms with Crippen LogP contribution >= 0.6 is 0 Å². The lowest BCUT2D eigenvalue weighted by Crippen LogP contribution is -2.26. The second-order valence-corrected chi connectivity index (χ2v) is 3.60. The maximum atomic E-state index is 11.9. The molecule has 0 aliphatic rings. The topological polar surface area (TPSA) is 61.8 Å². The summed E-state index contributed by atoms with van der Waals surface area (Å²) in [6.45, 7) is -0.155. The Bertz CT molecular complexity index is 427. The molecule has 0 fully saturated rings. The Morgan fingerprint density at radius 2 is 1.83 bits per heavy atom. The van der Waals surface area contributed by atoms with Gasteiger partial charge in [0.1, 0.15) is 18.3 Å². The summed E-state index contributed by atoms with van der Waals surface area (Å²) in [5.41, 5.74) is 0.480. The summed E-state index contributed by atoms with van der Waals surface area (Å²) in [6.07, 6.45) is 0. The maximum absolute atomic E-state index is 11.9. The van der Waals surface area contributed by atoms with Gasteiger partial charge in [0.05, 0.1) is 14.2 Å². The minimum atomic E-state index is -1.02. The number of benzene rings is 1. The molecule has 0 saturated heterocycles. The van der Waals surface area contributed by atoms with Gasteiger partial charge < -0.3 is 14.2 Å². The second kappa shape index (κ2) is 6.76. The van der Waals surface area contributed by atoms with Crippen molar-refractivity contribution in [1.29, 1.82) is 0 Å². The molecule has 18 heavy (non-hydrogen) atoms. The molecule has 0 aromatic heterocycles. The summed E-state index contributed by atoms with van der Waals surface area (Å²) in [7, 11) is 4.12. The Morgan fingerprint density at radius 1 is 1.17 bits per heavy atom. The SMILES string of the molecule is COCC(=O)C(C(=O)OC)c1ccccc1OC. The summed E-state index contributed by atoms with van der Waals surface area (Å²) in [6, 6.07) is 6.84. The standard InChI is InChI=1S/C13H16O5/c1-16-8-10(14)12(13(15)18-3)9-6-4-5-7-11(9)17-2/h4-7,12H,8H2,1-3H3. The molecular formula is C13H16O5. The highest BCUT2D eigenvalue weighted by Gasteiger charge is 2.31. The van der Waals surface area contributed by atoms with E-state index in [-0.39, 0.29) is 12.4 Å². The fraction of sp³-hybridized carbons (Fsp3) is 0.385. The zero-order valence-corrected chi connectivity index (χ0v) is 10.6. The van der Waals surface area contributed by atoms with E-state index in [1.54, 1.807) is 24.3 Å². The van der Waals surface area contributed by atoms with Gasteiger partial charge in [-0.15, -0.1) is 0 Å². The number of carbonyl (C=O) groups excluding carboxylic acids is 2. The molecule has 5 nitrogen and oxygen atoms in total. The van der Waals surface area contributed by atoms with E-state index in [0.717, 1.165) is 0 Å². The molecule has 0 N–H and O–H groups in total. The molecule has 0 amide bonds. The van der Waals surface area contributed by atoms with E-state index in [4.69, 9.17) is 9.47 Å². The van der Waals surface area contributed by atoms with Crippen molar-refractivity contribution in [1.82, 2.24) is 0 Å². The first-order chi connectivity index (χ1) is 8.65. The van der Waals surface area contributed by atoms with Crippen LogP contribution in [0.15, 0.2) is 24.3 Å². The highest BCUT2D eigenvalue weighted by Crippen LogP contribution is 2.28. The summed E-state index contributed by atoms with van der Waals surface area (Å²) >= 11 is 0. The monoisotopic (exact) mass is 252 g/mol. The minimum Gasteiger partial charge on any atom is -0.496 e. The van der Waals surface area contributed by atoms with Crippen LogP contribution in [-0.2, 0) is 19.1 Å². The number of esters is 1. The van der Waals surface area contributed by atoms with Gasteiger partial charge in [0, 0.05) is 12.7 Å². The average Bonchev–Trinajstić information content (AvgIpc) is 2.39. The number of ketones is 1. The smallest absolute Gasteiger partial charge is 0.320 e. The number of para-hydroxylation sites is 1. The number of rotatable bonds is 6. The van der Waals surface area contributed by atoms with E-state index in [0.29, 0.717) is 11.3 Å². The van der Waals surface area contributed by atoms with Crippen LogP contribution in [0, 0.1) is 0 Å². The molecular weight excluding hydrogens is 236 g/mol. The zero-order chi connectivity index (χ0) is 13.5. The van der Waals surface area contributed by atoms with E-state index in [2.05, 4.69) is 4.74 Å². The van der Waals surface area contributed by atoms with Crippen LogP contribution in [-0.4, -0.2) is 39.7 Å². The van der Waals surface area contributed by atoms with Crippen LogP contribution in [0.2, 0.25) is 0 Å². The van der Waals surface area contributed by atoms with Crippen LogP contribution in [0.4, 0.5) is 0 Å². The van der Waals surface area contributed by atoms with Crippen molar-refractivity contribution in [3.05, 3.63) is 29.8 Å². The number of hydrogen-bond acceptors (Lipinski definition) is 5. The van der Waals surface area contributed by atoms with E-state index in [9.17, 15) is 9.59 Å². The van der Waals surface area contributed by atoms with Gasteiger partial charge in [0.25, 0.3) is 0 Å². The van der Waals surface area contributed by atoms with Gasteiger partial charge in [0.15, 0.2) is 5.78 Å². The molecule has 0 saturated carbocycles. The molecule has 0 bridgehead atoms. The molecule has 1 aromatic carbocycles. The van der Waals surface area contributed by atoms with Crippen LogP contribution in [0.25, 0.3) is 0 Å². The van der Waals surface area contributed by atoms with E-state index in [1.807, 2.05) is 0 Å². The van der Waals surface area contributed by atoms with Gasteiger partial charge in [0.2, 0.25) is 0 Å². The molecule has 5 heteroatoms. The second-order valence-electron chi connectivity index (χ2n) is 3.60. The predicted molar refractivity (Wildman–Crippen MR) is 64.6 cm³/mol. The van der Waals surface area contributed by atoms with Crippen molar-refractivity contribution in [3.8, 4) is 5.75 Å². The van der Waals surface area contributed by atoms with Crippen LogP contribution in [0.1, 0.15) is 11.5 Å². The van der Waals surface area contributed by atoms with Gasteiger partial charge in [-0.1, -0.05) is 18.2 Å². The third-order valence-electron chi connectivity index (χ3n) is 2.50. The van der Waals surface area contributed by atoms with Gasteiger partial charge in [-0.25, -0.2) is 0 Å². The number of hydrogen-bond donors (Lipinski definition) is 0. The van der Waals surface area contributed by atoms with E-state index in [1.165, 1.54) is 21.3 Å². The van der Waals surface area contributed by atoms with Crippen LogP contribution in [0.3, 0.4) is 0 Å². The molecule has 1 unspecified atom stereocenters. The molecule has 0 heterocycles. The van der Waals surface area contributed by atoms with Crippen molar-refractivity contribution >= 4 is 11.8 Å². The number of Topliss-reactive ketones (excluding diaryl/α,β-unsaturated/α-hetero) is 1. The molecule has 0 radical (unpaired) electrons. The lowest BCUT2D eigenvalue weighted by Gasteiger charge is -2.16. The molecule has 98 valence electrons. The van der Waals surface area contributed by atoms with Crippen molar-refractivity contribution < 1.29 is 23.8 Å². The zero-order valence-electron chi connectivity index (χ0n) is 10.6. The van der Waals surface area contributed by atoms with E-state index >= 15 is 0 Å². The van der Waals surface area contributed by atoms with Crippen molar-refractivity contribution in [3.63, 3.8) is 0 Å². The van der Waals surface area contributed by atoms with Gasteiger partial charge in [-0.05, 0) is 6.07 Å². The summed E-state index contributed by atoms with van der Waals surface area (Å²) < 4.78 is 14.6. The Balaban J connectivity index is 3.17. The summed E-state index contributed by atoms with van der Waals surface area (Å²) in [4.78, 5) is 23.7. The maximum Gasteiger partial charge on any atom is 0.320 e. The quantitative estimate of drug-likeness (QED) is 0.561. The molecule has 0 aliphatic carbocycles. The predicted octanol–water partition coefficient (Wildman–Crippen LogP) is 1.17. The first-order valence-electron chi connectivity index (χ1n) is 5.38. The fourth-order valence-electron chi connectivity index (χ4n) is 1.68. The highest BCUT2D eigenvalue weighted by atomic mass is 16.5. The Hall–Kier alpha value is -1.88. The van der Waals surface area contributed by atoms with Crippen molar-refractivity contribution in [2.75, 3.05) is 27.9 Å². The third kappa shape index (κ3) is 3.07. The first-order valence-corrected chi connectivity index (χ1v) is 5.38. The summed E-state index contributed by atoms with van der Waals surface area (Å²) in [5, 5.41) is 0.